The fraction of sp³-hybridized carbons (Fsp3) is 0.235. The van der Waals surface area contributed by atoms with Crippen LogP contribution in [0.4, 0.5) is 10.7 Å². The van der Waals surface area contributed by atoms with Crippen molar-refractivity contribution in [3.05, 3.63) is 42.4 Å². The standard InChI is InChI=1S/C17H19N7O2/c1-4-19-17(25)21-16-20-15-9-13(12-6-5-7-18-10-12)8-14(24(15)22-16)11(2)23-26-3/h5-10H,4H2,1-3H3,(H2,19,21,22,25)/b23-11+. The molecule has 3 rings (SSSR count). The summed E-state index contributed by atoms with van der Waals surface area (Å²) in [4.78, 5) is 25.2. The van der Waals surface area contributed by atoms with Crippen molar-refractivity contribution in [2.75, 3.05) is 19.0 Å². The second-order valence-corrected chi connectivity index (χ2v) is 5.42. The molecule has 3 aromatic heterocycles. The molecule has 0 atom stereocenters. The van der Waals surface area contributed by atoms with Crippen LogP contribution in [0.5, 0.6) is 0 Å². The number of carbonyl (C=O) groups is 1. The van der Waals surface area contributed by atoms with E-state index in [2.05, 4.69) is 30.9 Å². The average Bonchev–Trinajstić information content (AvgIpc) is 3.04. The molecular weight excluding hydrogens is 334 g/mol. The zero-order chi connectivity index (χ0) is 18.5. The molecule has 0 spiro atoms. The minimum Gasteiger partial charge on any atom is -0.399 e. The van der Waals surface area contributed by atoms with E-state index in [1.54, 1.807) is 16.9 Å². The van der Waals surface area contributed by atoms with Crippen LogP contribution in [-0.4, -0.2) is 45.0 Å². The molecule has 2 N–H and O–H groups in total. The zero-order valence-electron chi connectivity index (χ0n) is 14.7. The minimum atomic E-state index is -0.361. The third kappa shape index (κ3) is 3.61. The number of carbonyl (C=O) groups excluding carboxylic acids is 1. The molecule has 0 unspecified atom stereocenters. The Kier molecular flexibility index (Phi) is 5.07. The summed E-state index contributed by atoms with van der Waals surface area (Å²) in [6, 6.07) is 7.25. The Morgan fingerprint density at radius 3 is 2.88 bits per heavy atom. The lowest BCUT2D eigenvalue weighted by Gasteiger charge is -2.07. The number of amides is 2. The topological polar surface area (TPSA) is 106 Å². The van der Waals surface area contributed by atoms with Gasteiger partial charge in [-0.25, -0.2) is 9.31 Å². The molecule has 9 heteroatoms. The van der Waals surface area contributed by atoms with Gasteiger partial charge in [-0.15, -0.1) is 5.10 Å². The average molecular weight is 353 g/mol. The quantitative estimate of drug-likeness (QED) is 0.541. The first-order valence-corrected chi connectivity index (χ1v) is 8.06. The van der Waals surface area contributed by atoms with Gasteiger partial charge in [-0.3, -0.25) is 10.3 Å². The molecule has 9 nitrogen and oxygen atoms in total. The van der Waals surface area contributed by atoms with Gasteiger partial charge in [0.2, 0.25) is 0 Å². The zero-order valence-corrected chi connectivity index (χ0v) is 14.7. The van der Waals surface area contributed by atoms with Gasteiger partial charge in [-0.1, -0.05) is 11.2 Å². The Balaban J connectivity index is 2.12. The van der Waals surface area contributed by atoms with E-state index in [1.807, 2.05) is 38.1 Å². The number of anilines is 1. The van der Waals surface area contributed by atoms with Gasteiger partial charge >= 0.3 is 6.03 Å². The predicted octanol–water partition coefficient (Wildman–Crippen LogP) is 2.30. The predicted molar refractivity (Wildman–Crippen MR) is 98.1 cm³/mol. The smallest absolute Gasteiger partial charge is 0.321 e. The lowest BCUT2D eigenvalue weighted by molar-refractivity contribution is 0.213. The fourth-order valence-electron chi connectivity index (χ4n) is 2.48. The molecule has 0 saturated heterocycles. The number of aromatic nitrogens is 4. The van der Waals surface area contributed by atoms with Gasteiger partial charge in [0.15, 0.2) is 5.65 Å². The molecule has 0 bridgehead atoms. The van der Waals surface area contributed by atoms with Crippen LogP contribution in [0, 0.1) is 0 Å². The number of pyridine rings is 2. The van der Waals surface area contributed by atoms with Crippen molar-refractivity contribution < 1.29 is 9.63 Å². The molecule has 0 aromatic carbocycles. The van der Waals surface area contributed by atoms with Gasteiger partial charge in [0.1, 0.15) is 12.8 Å². The molecule has 2 amide bonds. The van der Waals surface area contributed by atoms with Crippen LogP contribution in [-0.2, 0) is 4.84 Å². The van der Waals surface area contributed by atoms with Crippen molar-refractivity contribution in [3.63, 3.8) is 0 Å². The highest BCUT2D eigenvalue weighted by atomic mass is 16.6. The van der Waals surface area contributed by atoms with E-state index in [-0.39, 0.29) is 12.0 Å². The molecule has 0 aliphatic carbocycles. The fourth-order valence-corrected chi connectivity index (χ4v) is 2.48. The van der Waals surface area contributed by atoms with Crippen LogP contribution in [0.1, 0.15) is 19.5 Å². The Hall–Kier alpha value is -3.49. The Morgan fingerprint density at radius 2 is 2.19 bits per heavy atom. The SMILES string of the molecule is CCNC(=O)Nc1nc2cc(-c3cccnc3)cc(/C(C)=N/OC)n2n1. The van der Waals surface area contributed by atoms with Crippen LogP contribution in [0.3, 0.4) is 0 Å². The van der Waals surface area contributed by atoms with E-state index in [0.29, 0.717) is 23.6 Å². The molecule has 0 fully saturated rings. The molecule has 3 heterocycles. The Bertz CT molecular complexity index is 950. The van der Waals surface area contributed by atoms with Gasteiger partial charge in [0, 0.05) is 24.5 Å². The number of hydrogen-bond donors (Lipinski definition) is 2. The second-order valence-electron chi connectivity index (χ2n) is 5.42. The van der Waals surface area contributed by atoms with Gasteiger partial charge in [0.05, 0.1) is 5.69 Å². The lowest BCUT2D eigenvalue weighted by Crippen LogP contribution is -2.28. The number of rotatable bonds is 5. The summed E-state index contributed by atoms with van der Waals surface area (Å²) in [6.45, 7) is 4.15. The summed E-state index contributed by atoms with van der Waals surface area (Å²) < 4.78 is 1.61. The summed E-state index contributed by atoms with van der Waals surface area (Å²) in [5.74, 6) is 0.200. The highest BCUT2D eigenvalue weighted by Crippen LogP contribution is 2.23. The molecule has 0 radical (unpaired) electrons. The van der Waals surface area contributed by atoms with E-state index < -0.39 is 0 Å². The summed E-state index contributed by atoms with van der Waals surface area (Å²) >= 11 is 0. The first-order chi connectivity index (χ1) is 12.6. The van der Waals surface area contributed by atoms with Gasteiger partial charge < -0.3 is 10.2 Å². The monoisotopic (exact) mass is 353 g/mol. The molecule has 3 aromatic rings. The third-order valence-electron chi connectivity index (χ3n) is 3.59. The number of oxime groups is 1. The summed E-state index contributed by atoms with van der Waals surface area (Å²) in [5.41, 5.74) is 3.72. The summed E-state index contributed by atoms with van der Waals surface area (Å²) in [6.07, 6.45) is 3.48. The minimum absolute atomic E-state index is 0.200. The molecule has 0 aliphatic rings. The number of urea groups is 1. The van der Waals surface area contributed by atoms with Crippen molar-refractivity contribution in [1.29, 1.82) is 0 Å². The highest BCUT2D eigenvalue weighted by Gasteiger charge is 2.14. The van der Waals surface area contributed by atoms with Crippen molar-refractivity contribution in [2.45, 2.75) is 13.8 Å². The van der Waals surface area contributed by atoms with E-state index in [0.717, 1.165) is 11.1 Å². The Morgan fingerprint density at radius 1 is 1.35 bits per heavy atom. The van der Waals surface area contributed by atoms with Crippen molar-refractivity contribution in [1.82, 2.24) is 24.9 Å². The summed E-state index contributed by atoms with van der Waals surface area (Å²) in [7, 11) is 1.48. The largest absolute Gasteiger partial charge is 0.399 e. The normalized spacial score (nSPS) is 11.4. The van der Waals surface area contributed by atoms with Crippen LogP contribution >= 0.6 is 0 Å². The molecule has 0 aliphatic heterocycles. The van der Waals surface area contributed by atoms with Crippen LogP contribution in [0.25, 0.3) is 16.8 Å². The first-order valence-electron chi connectivity index (χ1n) is 8.06. The maximum atomic E-state index is 11.7. The number of nitrogens with one attached hydrogen (secondary N) is 2. The van der Waals surface area contributed by atoms with Gasteiger partial charge in [-0.05, 0) is 37.6 Å². The Labute approximate surface area is 150 Å². The summed E-state index contributed by atoms with van der Waals surface area (Å²) in [5, 5.41) is 13.6. The maximum absolute atomic E-state index is 11.7. The van der Waals surface area contributed by atoms with Crippen LogP contribution < -0.4 is 10.6 Å². The maximum Gasteiger partial charge on any atom is 0.321 e. The van der Waals surface area contributed by atoms with Crippen molar-refractivity contribution in [3.8, 4) is 11.1 Å². The van der Waals surface area contributed by atoms with Crippen molar-refractivity contribution >= 4 is 23.3 Å². The first kappa shape index (κ1) is 17.3. The number of hydrogen-bond acceptors (Lipinski definition) is 6. The van der Waals surface area contributed by atoms with Gasteiger partial charge in [0.25, 0.3) is 5.95 Å². The molecule has 26 heavy (non-hydrogen) atoms. The second kappa shape index (κ2) is 7.60. The van der Waals surface area contributed by atoms with E-state index >= 15 is 0 Å². The molecular formula is C17H19N7O2. The van der Waals surface area contributed by atoms with Crippen molar-refractivity contribution in [2.24, 2.45) is 5.16 Å². The lowest BCUT2D eigenvalue weighted by atomic mass is 10.1. The van der Waals surface area contributed by atoms with Crippen LogP contribution in [0.2, 0.25) is 0 Å². The molecule has 0 saturated carbocycles. The highest BCUT2D eigenvalue weighted by molar-refractivity contribution is 5.98. The van der Waals surface area contributed by atoms with E-state index in [4.69, 9.17) is 4.84 Å². The van der Waals surface area contributed by atoms with E-state index in [9.17, 15) is 4.79 Å². The van der Waals surface area contributed by atoms with Crippen LogP contribution in [0.15, 0.2) is 41.8 Å². The van der Waals surface area contributed by atoms with E-state index in [1.165, 1.54) is 7.11 Å². The number of fused-ring (bicyclic) bond motifs is 1. The number of nitrogens with zero attached hydrogens (tertiary/aromatic N) is 5. The molecule has 134 valence electrons. The third-order valence-corrected chi connectivity index (χ3v) is 3.59. The van der Waals surface area contributed by atoms with Gasteiger partial charge in [-0.2, -0.15) is 4.98 Å².